The van der Waals surface area contributed by atoms with Gasteiger partial charge in [-0.3, -0.25) is 28.8 Å². The third-order valence-electron chi connectivity index (χ3n) is 3.43. The van der Waals surface area contributed by atoms with Gasteiger partial charge in [0.05, 0.1) is 25.4 Å². The Morgan fingerprint density at radius 1 is 0.788 bits per heavy atom. The molecule has 33 heavy (non-hydrogen) atoms. The van der Waals surface area contributed by atoms with Gasteiger partial charge in [0.25, 0.3) is 0 Å². The first-order valence-corrected chi connectivity index (χ1v) is 10.2. The number of nitrogens with two attached hydrogens (primary N) is 1. The Bertz CT molecular complexity index is 754. The first-order chi connectivity index (χ1) is 14.9. The zero-order chi connectivity index (χ0) is 26.0. The molecular weight excluding hydrogens is 440 g/mol. The van der Waals surface area contributed by atoms with Gasteiger partial charge in [0, 0.05) is 0 Å². The zero-order valence-electron chi connectivity index (χ0n) is 19.8. The van der Waals surface area contributed by atoms with Crippen molar-refractivity contribution in [3.8, 4) is 0 Å². The van der Waals surface area contributed by atoms with E-state index in [0.29, 0.717) is 0 Å². The van der Waals surface area contributed by atoms with E-state index in [1.54, 1.807) is 41.5 Å². The number of ether oxygens (including phenoxy) is 2. The second kappa shape index (κ2) is 12.7. The molecule has 0 aliphatic rings. The van der Waals surface area contributed by atoms with Crippen LogP contribution in [0.5, 0.6) is 0 Å². The van der Waals surface area contributed by atoms with Crippen LogP contribution in [0.1, 0.15) is 54.4 Å². The van der Waals surface area contributed by atoms with Gasteiger partial charge in [-0.2, -0.15) is 0 Å². The molecule has 0 aromatic rings. The Morgan fingerprint density at radius 3 is 1.73 bits per heavy atom. The van der Waals surface area contributed by atoms with E-state index in [4.69, 9.17) is 20.3 Å². The van der Waals surface area contributed by atoms with Crippen LogP contribution in [0.3, 0.4) is 0 Å². The number of carboxylic acid groups (broad SMARTS) is 1. The lowest BCUT2D eigenvalue weighted by Gasteiger charge is -2.24. The van der Waals surface area contributed by atoms with Gasteiger partial charge in [-0.15, -0.1) is 0 Å². The third kappa shape index (κ3) is 15.3. The van der Waals surface area contributed by atoms with E-state index in [1.165, 1.54) is 0 Å². The van der Waals surface area contributed by atoms with Gasteiger partial charge in [-0.05, 0) is 41.5 Å². The summed E-state index contributed by atoms with van der Waals surface area (Å²) in [5.41, 5.74) is 4.09. The number of aliphatic carboxylic acids is 1. The SMILES string of the molecule is CC(C)(C)OC(=O)C[C@@H](N)C(=O)N[C@H](CC(=O)OC(C)(C)C)C(=O)NCC(=O)NCC(=O)O. The molecule has 0 aliphatic heterocycles. The van der Waals surface area contributed by atoms with E-state index in [9.17, 15) is 28.8 Å². The summed E-state index contributed by atoms with van der Waals surface area (Å²) in [4.78, 5) is 71.1. The van der Waals surface area contributed by atoms with Crippen molar-refractivity contribution < 1.29 is 43.3 Å². The van der Waals surface area contributed by atoms with Crippen LogP contribution in [-0.2, 0) is 38.2 Å². The largest absolute Gasteiger partial charge is 0.480 e. The second-order valence-corrected chi connectivity index (χ2v) is 9.14. The lowest BCUT2D eigenvalue weighted by Crippen LogP contribution is -2.54. The summed E-state index contributed by atoms with van der Waals surface area (Å²) in [5, 5.41) is 15.1. The highest BCUT2D eigenvalue weighted by Crippen LogP contribution is 2.11. The molecule has 0 saturated carbocycles. The summed E-state index contributed by atoms with van der Waals surface area (Å²) in [5.74, 6) is -5.42. The molecule has 0 heterocycles. The molecule has 0 fully saturated rings. The van der Waals surface area contributed by atoms with Crippen molar-refractivity contribution in [2.75, 3.05) is 13.1 Å². The maximum Gasteiger partial charge on any atom is 0.322 e. The van der Waals surface area contributed by atoms with Crippen LogP contribution in [0.2, 0.25) is 0 Å². The quantitative estimate of drug-likeness (QED) is 0.221. The Kier molecular flexibility index (Phi) is 11.5. The lowest BCUT2D eigenvalue weighted by atomic mass is 10.1. The summed E-state index contributed by atoms with van der Waals surface area (Å²) in [6.07, 6.45) is -1.05. The zero-order valence-corrected chi connectivity index (χ0v) is 19.8. The fourth-order valence-corrected chi connectivity index (χ4v) is 2.22. The normalized spacial score (nSPS) is 13.2. The maximum atomic E-state index is 12.5. The molecule has 0 unspecified atom stereocenters. The number of amides is 3. The number of rotatable bonds is 11. The predicted molar refractivity (Wildman–Crippen MR) is 114 cm³/mol. The van der Waals surface area contributed by atoms with Crippen molar-refractivity contribution in [3.63, 3.8) is 0 Å². The molecule has 6 N–H and O–H groups in total. The fraction of sp³-hybridized carbons (Fsp3) is 0.700. The molecule has 0 aromatic carbocycles. The average Bonchev–Trinajstić information content (AvgIpc) is 2.60. The number of hydrogen-bond donors (Lipinski definition) is 5. The van der Waals surface area contributed by atoms with E-state index in [-0.39, 0.29) is 0 Å². The maximum absolute atomic E-state index is 12.5. The Balaban J connectivity index is 5.17. The second-order valence-electron chi connectivity index (χ2n) is 9.14. The topological polar surface area (TPSA) is 203 Å². The average molecular weight is 475 g/mol. The summed E-state index contributed by atoms with van der Waals surface area (Å²) in [6, 6.07) is -2.84. The van der Waals surface area contributed by atoms with Gasteiger partial charge in [-0.1, -0.05) is 0 Å². The van der Waals surface area contributed by atoms with E-state index in [0.717, 1.165) is 0 Å². The first-order valence-electron chi connectivity index (χ1n) is 10.2. The molecule has 13 heteroatoms. The minimum Gasteiger partial charge on any atom is -0.480 e. The smallest absolute Gasteiger partial charge is 0.322 e. The Labute approximate surface area is 192 Å². The number of carbonyl (C=O) groups is 6. The summed E-state index contributed by atoms with van der Waals surface area (Å²) >= 11 is 0. The van der Waals surface area contributed by atoms with Crippen LogP contribution in [0.4, 0.5) is 0 Å². The van der Waals surface area contributed by atoms with E-state index >= 15 is 0 Å². The van der Waals surface area contributed by atoms with Crippen LogP contribution >= 0.6 is 0 Å². The minimum absolute atomic E-state index is 0.471. The molecule has 3 amide bonds. The van der Waals surface area contributed by atoms with Crippen molar-refractivity contribution >= 4 is 35.6 Å². The fourth-order valence-electron chi connectivity index (χ4n) is 2.22. The standard InChI is InChI=1S/C20H34N4O9/c1-19(2,3)32-15(28)7-11(21)17(30)24-12(8-16(29)33-20(4,5)6)18(31)23-9-13(25)22-10-14(26)27/h11-12H,7-10,21H2,1-6H3,(H,22,25)(H,23,31)(H,24,30)(H,26,27)/t11-,12-/m1/s1. The van der Waals surface area contributed by atoms with Gasteiger partial charge in [0.1, 0.15) is 23.8 Å². The first kappa shape index (κ1) is 29.8. The number of carboxylic acids is 1. The Hall–Kier alpha value is -3.22. The highest BCUT2D eigenvalue weighted by atomic mass is 16.6. The van der Waals surface area contributed by atoms with Crippen molar-refractivity contribution in [1.82, 2.24) is 16.0 Å². The molecule has 0 bridgehead atoms. The van der Waals surface area contributed by atoms with Crippen molar-refractivity contribution in [1.29, 1.82) is 0 Å². The minimum atomic E-state index is -1.47. The van der Waals surface area contributed by atoms with Crippen LogP contribution in [0, 0.1) is 0 Å². The molecule has 0 aliphatic carbocycles. The van der Waals surface area contributed by atoms with Crippen molar-refractivity contribution in [3.05, 3.63) is 0 Å². The number of esters is 2. The van der Waals surface area contributed by atoms with Gasteiger partial charge in [-0.25, -0.2) is 0 Å². The van der Waals surface area contributed by atoms with Crippen LogP contribution < -0.4 is 21.7 Å². The van der Waals surface area contributed by atoms with Crippen LogP contribution in [-0.4, -0.2) is 77.1 Å². The highest BCUT2D eigenvalue weighted by molar-refractivity contribution is 5.95. The molecular formula is C20H34N4O9. The molecule has 13 nitrogen and oxygen atoms in total. The molecule has 188 valence electrons. The summed E-state index contributed by atoms with van der Waals surface area (Å²) < 4.78 is 10.2. The molecule has 0 rings (SSSR count). The molecule has 0 spiro atoms. The summed E-state index contributed by atoms with van der Waals surface area (Å²) in [7, 11) is 0. The number of hydrogen-bond acceptors (Lipinski definition) is 9. The third-order valence-corrected chi connectivity index (χ3v) is 3.43. The van der Waals surface area contributed by atoms with Gasteiger partial charge in [0.15, 0.2) is 0 Å². The van der Waals surface area contributed by atoms with Gasteiger partial charge >= 0.3 is 17.9 Å². The summed E-state index contributed by atoms with van der Waals surface area (Å²) in [6.45, 7) is 8.52. The molecule has 2 atom stereocenters. The lowest BCUT2D eigenvalue weighted by molar-refractivity contribution is -0.158. The molecule has 0 saturated heterocycles. The molecule has 0 aromatic heterocycles. The van der Waals surface area contributed by atoms with Crippen LogP contribution in [0.25, 0.3) is 0 Å². The van der Waals surface area contributed by atoms with Crippen LogP contribution in [0.15, 0.2) is 0 Å². The van der Waals surface area contributed by atoms with E-state index < -0.39 is 84.8 Å². The predicted octanol–water partition coefficient (Wildman–Crippen LogP) is -1.42. The van der Waals surface area contributed by atoms with E-state index in [2.05, 4.69) is 10.6 Å². The van der Waals surface area contributed by atoms with Crippen molar-refractivity contribution in [2.24, 2.45) is 5.73 Å². The molecule has 0 radical (unpaired) electrons. The van der Waals surface area contributed by atoms with E-state index in [1.807, 2.05) is 5.32 Å². The monoisotopic (exact) mass is 474 g/mol. The number of nitrogens with one attached hydrogen (secondary N) is 3. The highest BCUT2D eigenvalue weighted by Gasteiger charge is 2.30. The van der Waals surface area contributed by atoms with Gasteiger partial charge < -0.3 is 36.3 Å². The van der Waals surface area contributed by atoms with Gasteiger partial charge in [0.2, 0.25) is 17.7 Å². The van der Waals surface area contributed by atoms with Crippen molar-refractivity contribution in [2.45, 2.75) is 77.7 Å². The Morgan fingerprint density at radius 2 is 1.27 bits per heavy atom. The number of carbonyl (C=O) groups excluding carboxylic acids is 5.